The predicted octanol–water partition coefficient (Wildman–Crippen LogP) is 3.20. The van der Waals surface area contributed by atoms with Crippen molar-refractivity contribution in [1.29, 1.82) is 0 Å². The Morgan fingerprint density at radius 2 is 1.97 bits per heavy atom. The molecule has 0 bridgehead atoms. The molecule has 0 radical (unpaired) electrons. The van der Waals surface area contributed by atoms with Gasteiger partial charge in [-0.2, -0.15) is 0 Å². The summed E-state index contributed by atoms with van der Waals surface area (Å²) in [6.45, 7) is 5.81. The van der Waals surface area contributed by atoms with Gasteiger partial charge in [-0.3, -0.25) is 9.59 Å². The minimum absolute atomic E-state index is 0.00496. The van der Waals surface area contributed by atoms with Crippen molar-refractivity contribution in [3.05, 3.63) is 87.0 Å². The molecule has 0 aliphatic carbocycles. The summed E-state index contributed by atoms with van der Waals surface area (Å²) in [5, 5.41) is 8.29. The number of aromatic nitrogens is 5. The van der Waals surface area contributed by atoms with E-state index in [1.165, 1.54) is 0 Å². The lowest BCUT2D eigenvalue weighted by Crippen LogP contribution is -2.39. The normalized spacial score (nSPS) is 16.3. The molecule has 0 saturated carbocycles. The topological polar surface area (TPSA) is 96.8 Å². The summed E-state index contributed by atoms with van der Waals surface area (Å²) in [5.74, 6) is 0.542. The number of aromatic amines is 1. The zero-order valence-electron chi connectivity index (χ0n) is 18.8. The van der Waals surface area contributed by atoms with Crippen molar-refractivity contribution in [3.8, 4) is 0 Å². The number of carbonyl (C=O) groups is 1. The highest BCUT2D eigenvalue weighted by Gasteiger charge is 2.28. The molecule has 2 aromatic carbocycles. The number of nitrogens with zero attached hydrogens (tertiary/aromatic N) is 5. The summed E-state index contributed by atoms with van der Waals surface area (Å²) in [4.78, 5) is 35.2. The fourth-order valence-electron chi connectivity index (χ4n) is 4.46. The van der Waals surface area contributed by atoms with Crippen LogP contribution in [-0.2, 0) is 6.54 Å². The molecule has 1 amide bonds. The number of fused-ring (bicyclic) bond motifs is 1. The van der Waals surface area contributed by atoms with E-state index in [0.29, 0.717) is 36.7 Å². The first-order valence-corrected chi connectivity index (χ1v) is 11.2. The lowest BCUT2D eigenvalue weighted by Gasteiger charge is -2.32. The number of amides is 1. The first kappa shape index (κ1) is 21.1. The van der Waals surface area contributed by atoms with Crippen LogP contribution in [0.4, 0.5) is 0 Å². The number of rotatable bonds is 4. The number of hydrogen-bond acceptors (Lipinski definition) is 5. The Kier molecular flexibility index (Phi) is 5.50. The van der Waals surface area contributed by atoms with E-state index in [9.17, 15) is 9.59 Å². The molecule has 33 heavy (non-hydrogen) atoms. The molecule has 1 unspecified atom stereocenters. The third kappa shape index (κ3) is 4.16. The molecular formula is C25H26N6O2. The molecule has 1 fully saturated rings. The Balaban J connectivity index is 1.45. The molecule has 8 heteroatoms. The van der Waals surface area contributed by atoms with Crippen molar-refractivity contribution in [1.82, 2.24) is 29.9 Å². The average molecular weight is 443 g/mol. The maximum absolute atomic E-state index is 12.9. The minimum atomic E-state index is -0.297. The van der Waals surface area contributed by atoms with Crippen molar-refractivity contribution in [2.75, 3.05) is 13.1 Å². The highest BCUT2D eigenvalue weighted by atomic mass is 16.2. The van der Waals surface area contributed by atoms with E-state index in [1.54, 1.807) is 4.68 Å². The standard InChI is InChI=1S/C25H26N6O2/c1-16-10-11-17(2)20(13-16)15-31-23-21(28-29-31)24(32)27-22(26-23)19-9-6-12-30(14-19)25(33)18-7-4-3-5-8-18/h3-5,7-8,10-11,13,19H,6,9,12,14-15H2,1-2H3,(H,26,27,32). The van der Waals surface area contributed by atoms with Crippen LogP contribution in [-0.4, -0.2) is 48.9 Å². The van der Waals surface area contributed by atoms with Crippen LogP contribution in [0, 0.1) is 13.8 Å². The van der Waals surface area contributed by atoms with Crippen LogP contribution in [0.5, 0.6) is 0 Å². The maximum Gasteiger partial charge on any atom is 0.281 e. The fourth-order valence-corrected chi connectivity index (χ4v) is 4.46. The third-order valence-corrected chi connectivity index (χ3v) is 6.33. The summed E-state index contributed by atoms with van der Waals surface area (Å²) < 4.78 is 1.69. The van der Waals surface area contributed by atoms with Gasteiger partial charge in [-0.1, -0.05) is 47.2 Å². The van der Waals surface area contributed by atoms with Gasteiger partial charge in [0.15, 0.2) is 11.2 Å². The second-order valence-corrected chi connectivity index (χ2v) is 8.76. The number of aryl methyl sites for hydroxylation is 2. The minimum Gasteiger partial charge on any atom is -0.338 e. The zero-order valence-corrected chi connectivity index (χ0v) is 18.8. The number of likely N-dealkylation sites (tertiary alicyclic amines) is 1. The third-order valence-electron chi connectivity index (χ3n) is 6.33. The number of hydrogen-bond donors (Lipinski definition) is 1. The molecule has 8 nitrogen and oxygen atoms in total. The van der Waals surface area contributed by atoms with Gasteiger partial charge in [-0.15, -0.1) is 5.10 Å². The van der Waals surface area contributed by atoms with Crippen LogP contribution >= 0.6 is 0 Å². The van der Waals surface area contributed by atoms with Gasteiger partial charge in [-0.25, -0.2) is 9.67 Å². The summed E-state index contributed by atoms with van der Waals surface area (Å²) in [6.07, 6.45) is 1.70. The predicted molar refractivity (Wildman–Crippen MR) is 125 cm³/mol. The number of H-pyrrole nitrogens is 1. The van der Waals surface area contributed by atoms with Crippen molar-refractivity contribution in [2.45, 2.75) is 39.2 Å². The molecular weight excluding hydrogens is 416 g/mol. The Labute approximate surface area is 191 Å². The van der Waals surface area contributed by atoms with Crippen LogP contribution in [0.3, 0.4) is 0 Å². The van der Waals surface area contributed by atoms with E-state index in [4.69, 9.17) is 4.98 Å². The van der Waals surface area contributed by atoms with Crippen molar-refractivity contribution in [3.63, 3.8) is 0 Å². The second-order valence-electron chi connectivity index (χ2n) is 8.76. The van der Waals surface area contributed by atoms with Gasteiger partial charge in [0, 0.05) is 24.6 Å². The second kappa shape index (κ2) is 8.61. The molecule has 5 rings (SSSR count). The SMILES string of the molecule is Cc1ccc(C)c(Cn2nnc3c(=O)[nH]c(C4CCCN(C(=O)c5ccccc5)C4)nc32)c1. The molecule has 1 N–H and O–H groups in total. The van der Waals surface area contributed by atoms with E-state index in [0.717, 1.165) is 29.5 Å². The van der Waals surface area contributed by atoms with E-state index >= 15 is 0 Å². The summed E-state index contributed by atoms with van der Waals surface area (Å²) in [7, 11) is 0. The van der Waals surface area contributed by atoms with E-state index in [-0.39, 0.29) is 22.9 Å². The number of carbonyl (C=O) groups excluding carboxylic acids is 1. The molecule has 1 saturated heterocycles. The maximum atomic E-state index is 12.9. The Morgan fingerprint density at radius 1 is 1.15 bits per heavy atom. The Morgan fingerprint density at radius 3 is 2.79 bits per heavy atom. The molecule has 1 aliphatic heterocycles. The average Bonchev–Trinajstić information content (AvgIpc) is 3.25. The monoisotopic (exact) mass is 442 g/mol. The molecule has 0 spiro atoms. The quantitative estimate of drug-likeness (QED) is 0.524. The number of benzene rings is 2. The first-order valence-electron chi connectivity index (χ1n) is 11.2. The first-order chi connectivity index (χ1) is 16.0. The lowest BCUT2D eigenvalue weighted by atomic mass is 9.96. The largest absolute Gasteiger partial charge is 0.338 e. The van der Waals surface area contributed by atoms with Crippen molar-refractivity contribution < 1.29 is 4.79 Å². The zero-order chi connectivity index (χ0) is 22.9. The highest BCUT2D eigenvalue weighted by molar-refractivity contribution is 5.94. The van der Waals surface area contributed by atoms with Gasteiger partial charge in [0.1, 0.15) is 5.82 Å². The fraction of sp³-hybridized carbons (Fsp3) is 0.320. The highest BCUT2D eigenvalue weighted by Crippen LogP contribution is 2.26. The lowest BCUT2D eigenvalue weighted by molar-refractivity contribution is 0.0704. The van der Waals surface area contributed by atoms with Crippen molar-refractivity contribution >= 4 is 17.1 Å². The number of piperidine rings is 1. The van der Waals surface area contributed by atoms with Gasteiger partial charge in [0.2, 0.25) is 0 Å². The van der Waals surface area contributed by atoms with Gasteiger partial charge in [0.25, 0.3) is 11.5 Å². The number of nitrogens with one attached hydrogen (secondary N) is 1. The van der Waals surface area contributed by atoms with Crippen molar-refractivity contribution in [2.24, 2.45) is 0 Å². The molecule has 4 aromatic rings. The van der Waals surface area contributed by atoms with Gasteiger partial charge < -0.3 is 9.88 Å². The van der Waals surface area contributed by atoms with Crippen LogP contribution < -0.4 is 5.56 Å². The van der Waals surface area contributed by atoms with Gasteiger partial charge >= 0.3 is 0 Å². The van der Waals surface area contributed by atoms with Gasteiger partial charge in [-0.05, 0) is 49.9 Å². The van der Waals surface area contributed by atoms with Crippen LogP contribution in [0.15, 0.2) is 53.3 Å². The summed E-state index contributed by atoms with van der Waals surface area (Å²) >= 11 is 0. The molecule has 1 atom stereocenters. The van der Waals surface area contributed by atoms with E-state index in [2.05, 4.69) is 47.3 Å². The molecule has 168 valence electrons. The van der Waals surface area contributed by atoms with Gasteiger partial charge in [0.05, 0.1) is 6.54 Å². The Hall–Kier alpha value is -3.81. The van der Waals surface area contributed by atoms with E-state index in [1.807, 2.05) is 35.2 Å². The molecule has 2 aromatic heterocycles. The van der Waals surface area contributed by atoms with Crippen LogP contribution in [0.25, 0.3) is 11.2 Å². The molecule has 3 heterocycles. The van der Waals surface area contributed by atoms with E-state index < -0.39 is 0 Å². The molecule has 1 aliphatic rings. The van der Waals surface area contributed by atoms with Crippen LogP contribution in [0.1, 0.15) is 51.6 Å². The Bertz CT molecular complexity index is 1370. The smallest absolute Gasteiger partial charge is 0.281 e. The summed E-state index contributed by atoms with van der Waals surface area (Å²) in [6, 6.07) is 15.6. The van der Waals surface area contributed by atoms with Crippen LogP contribution in [0.2, 0.25) is 0 Å². The summed E-state index contributed by atoms with van der Waals surface area (Å²) in [5.41, 5.74) is 4.51.